The molecule has 22 heavy (non-hydrogen) atoms. The van der Waals surface area contributed by atoms with Crippen LogP contribution in [0.3, 0.4) is 0 Å². The molecule has 116 valence electrons. The largest absolute Gasteiger partial charge is 0.491 e. The van der Waals surface area contributed by atoms with Crippen molar-refractivity contribution in [3.63, 3.8) is 0 Å². The lowest BCUT2D eigenvalue weighted by atomic mass is 10.1. The summed E-state index contributed by atoms with van der Waals surface area (Å²) in [6, 6.07) is 16.2. The van der Waals surface area contributed by atoms with E-state index in [0.717, 1.165) is 24.4 Å². The maximum absolute atomic E-state index is 10.8. The van der Waals surface area contributed by atoms with Crippen molar-refractivity contribution in [2.24, 2.45) is 5.73 Å². The third-order valence-electron chi connectivity index (χ3n) is 3.41. The Morgan fingerprint density at radius 1 is 1.09 bits per heavy atom. The molecule has 0 aromatic heterocycles. The predicted molar refractivity (Wildman–Crippen MR) is 88.9 cm³/mol. The van der Waals surface area contributed by atoms with Gasteiger partial charge in [-0.15, -0.1) is 0 Å². The third-order valence-corrected chi connectivity index (χ3v) is 3.41. The highest BCUT2D eigenvalue weighted by atomic mass is 16.5. The van der Waals surface area contributed by atoms with E-state index < -0.39 is 0 Å². The highest BCUT2D eigenvalue weighted by Gasteiger charge is 2.04. The smallest absolute Gasteiger partial charge is 0.220 e. The number of ether oxygens (including phenoxy) is 1. The van der Waals surface area contributed by atoms with Crippen LogP contribution in [0.2, 0.25) is 0 Å². The minimum atomic E-state index is -0.360. The van der Waals surface area contributed by atoms with E-state index in [-0.39, 0.29) is 12.3 Å². The molecule has 0 radical (unpaired) electrons. The number of nitrogens with one attached hydrogen (secondary N) is 1. The third kappa shape index (κ3) is 4.81. The number of para-hydroxylation sites is 2. The lowest BCUT2D eigenvalue weighted by Crippen LogP contribution is -2.15. The van der Waals surface area contributed by atoms with Gasteiger partial charge in [-0.05, 0) is 29.7 Å². The molecule has 0 aliphatic heterocycles. The molecule has 0 aliphatic carbocycles. The van der Waals surface area contributed by atoms with Gasteiger partial charge in [0.15, 0.2) is 0 Å². The van der Waals surface area contributed by atoms with Gasteiger partial charge in [-0.25, -0.2) is 0 Å². The van der Waals surface area contributed by atoms with Crippen molar-refractivity contribution in [2.75, 3.05) is 11.9 Å². The molecule has 4 heteroatoms. The van der Waals surface area contributed by atoms with Gasteiger partial charge in [0, 0.05) is 6.54 Å². The van der Waals surface area contributed by atoms with Crippen LogP contribution < -0.4 is 15.8 Å². The van der Waals surface area contributed by atoms with Crippen molar-refractivity contribution in [3.05, 3.63) is 59.7 Å². The molecular formula is C18H22N2O2. The summed E-state index contributed by atoms with van der Waals surface area (Å²) in [6.07, 6.45) is 1.26. The molecule has 0 aliphatic rings. The summed E-state index contributed by atoms with van der Waals surface area (Å²) in [4.78, 5) is 10.8. The predicted octanol–water partition coefficient (Wildman–Crippen LogP) is 3.12. The van der Waals surface area contributed by atoms with Gasteiger partial charge in [0.05, 0.1) is 18.7 Å². The topological polar surface area (TPSA) is 64.3 Å². The molecule has 2 rings (SSSR count). The number of amides is 1. The summed E-state index contributed by atoms with van der Waals surface area (Å²) in [6.45, 7) is 3.16. The molecule has 0 heterocycles. The highest BCUT2D eigenvalue weighted by molar-refractivity contribution is 5.73. The molecular weight excluding hydrogens is 276 g/mol. The number of carbonyl (C=O) groups excluding carboxylic acids is 1. The molecule has 2 aromatic rings. The van der Waals surface area contributed by atoms with E-state index in [2.05, 4.69) is 36.5 Å². The normalized spacial score (nSPS) is 10.2. The molecule has 0 atom stereocenters. The van der Waals surface area contributed by atoms with Crippen molar-refractivity contribution in [1.82, 2.24) is 0 Å². The van der Waals surface area contributed by atoms with Crippen molar-refractivity contribution < 1.29 is 9.53 Å². The summed E-state index contributed by atoms with van der Waals surface area (Å²) in [5.41, 5.74) is 8.57. The van der Waals surface area contributed by atoms with Crippen molar-refractivity contribution in [2.45, 2.75) is 26.3 Å². The molecule has 3 N–H and O–H groups in total. The maximum Gasteiger partial charge on any atom is 0.220 e. The molecule has 2 aromatic carbocycles. The Balaban J connectivity index is 1.95. The van der Waals surface area contributed by atoms with E-state index >= 15 is 0 Å². The van der Waals surface area contributed by atoms with Gasteiger partial charge in [-0.2, -0.15) is 0 Å². The SMILES string of the molecule is CCc1ccc(CNc2ccccc2OCCC(N)=O)cc1. The molecule has 0 unspecified atom stereocenters. The number of aryl methyl sites for hydroxylation is 1. The first-order chi connectivity index (χ1) is 10.7. The lowest BCUT2D eigenvalue weighted by molar-refractivity contribution is -0.118. The summed E-state index contributed by atoms with van der Waals surface area (Å²) in [7, 11) is 0. The van der Waals surface area contributed by atoms with Crippen molar-refractivity contribution in [1.29, 1.82) is 0 Å². The molecule has 0 spiro atoms. The van der Waals surface area contributed by atoms with E-state index in [1.807, 2.05) is 24.3 Å². The van der Waals surface area contributed by atoms with Gasteiger partial charge >= 0.3 is 0 Å². The second-order valence-electron chi connectivity index (χ2n) is 5.08. The molecule has 1 amide bonds. The zero-order chi connectivity index (χ0) is 15.8. The van der Waals surface area contributed by atoms with Gasteiger partial charge in [0.2, 0.25) is 5.91 Å². The number of carbonyl (C=O) groups is 1. The van der Waals surface area contributed by atoms with Crippen LogP contribution in [-0.2, 0) is 17.8 Å². The van der Waals surface area contributed by atoms with E-state index in [9.17, 15) is 4.79 Å². The molecule has 0 saturated heterocycles. The molecule has 0 bridgehead atoms. The van der Waals surface area contributed by atoms with Gasteiger partial charge < -0.3 is 15.8 Å². The summed E-state index contributed by atoms with van der Waals surface area (Å²) >= 11 is 0. The van der Waals surface area contributed by atoms with Crippen LogP contribution in [0.15, 0.2) is 48.5 Å². The number of hydrogen-bond acceptors (Lipinski definition) is 3. The molecule has 0 saturated carbocycles. The number of hydrogen-bond donors (Lipinski definition) is 2. The Bertz CT molecular complexity index is 609. The standard InChI is InChI=1S/C18H22N2O2/c1-2-14-7-9-15(10-8-14)13-20-16-5-3-4-6-17(16)22-12-11-18(19)21/h3-10,20H,2,11-13H2,1H3,(H2,19,21). The van der Waals surface area contributed by atoms with Crippen molar-refractivity contribution >= 4 is 11.6 Å². The number of anilines is 1. The first kappa shape index (κ1) is 15.9. The fraction of sp³-hybridized carbons (Fsp3) is 0.278. The molecule has 0 fully saturated rings. The van der Waals surface area contributed by atoms with Gasteiger partial charge in [-0.1, -0.05) is 43.3 Å². The van der Waals surface area contributed by atoms with Crippen LogP contribution in [0.1, 0.15) is 24.5 Å². The first-order valence-electron chi connectivity index (χ1n) is 7.51. The van der Waals surface area contributed by atoms with E-state index in [0.29, 0.717) is 6.61 Å². The zero-order valence-electron chi connectivity index (χ0n) is 12.8. The Morgan fingerprint density at radius 2 is 1.77 bits per heavy atom. The Labute approximate surface area is 131 Å². The fourth-order valence-corrected chi connectivity index (χ4v) is 2.09. The second kappa shape index (κ2) is 8.08. The minimum absolute atomic E-state index is 0.215. The number of nitrogens with two attached hydrogens (primary N) is 1. The van der Waals surface area contributed by atoms with E-state index in [1.54, 1.807) is 0 Å². The van der Waals surface area contributed by atoms with E-state index in [1.165, 1.54) is 11.1 Å². The van der Waals surface area contributed by atoms with Crippen LogP contribution in [0.4, 0.5) is 5.69 Å². The second-order valence-corrected chi connectivity index (χ2v) is 5.08. The van der Waals surface area contributed by atoms with Crippen LogP contribution in [-0.4, -0.2) is 12.5 Å². The fourth-order valence-electron chi connectivity index (χ4n) is 2.09. The highest BCUT2D eigenvalue weighted by Crippen LogP contribution is 2.24. The van der Waals surface area contributed by atoms with Gasteiger partial charge in [0.1, 0.15) is 5.75 Å². The first-order valence-corrected chi connectivity index (χ1v) is 7.51. The Morgan fingerprint density at radius 3 is 2.45 bits per heavy atom. The van der Waals surface area contributed by atoms with Gasteiger partial charge in [-0.3, -0.25) is 4.79 Å². The number of primary amides is 1. The average Bonchev–Trinajstić information content (AvgIpc) is 2.54. The van der Waals surface area contributed by atoms with Crippen LogP contribution in [0.25, 0.3) is 0 Å². The lowest BCUT2D eigenvalue weighted by Gasteiger charge is -2.13. The minimum Gasteiger partial charge on any atom is -0.491 e. The average molecular weight is 298 g/mol. The number of rotatable bonds is 8. The van der Waals surface area contributed by atoms with Gasteiger partial charge in [0.25, 0.3) is 0 Å². The quantitative estimate of drug-likeness (QED) is 0.787. The van der Waals surface area contributed by atoms with Crippen molar-refractivity contribution in [3.8, 4) is 5.75 Å². The summed E-state index contributed by atoms with van der Waals surface area (Å²) in [5.74, 6) is 0.371. The van der Waals surface area contributed by atoms with Crippen LogP contribution in [0, 0.1) is 0 Å². The Hall–Kier alpha value is -2.49. The Kier molecular flexibility index (Phi) is 5.83. The molecule has 4 nitrogen and oxygen atoms in total. The summed E-state index contributed by atoms with van der Waals surface area (Å²) in [5, 5.41) is 3.36. The van der Waals surface area contributed by atoms with Crippen LogP contribution in [0.5, 0.6) is 5.75 Å². The zero-order valence-corrected chi connectivity index (χ0v) is 12.8. The number of benzene rings is 2. The van der Waals surface area contributed by atoms with E-state index in [4.69, 9.17) is 10.5 Å². The summed E-state index contributed by atoms with van der Waals surface area (Å²) < 4.78 is 5.61. The van der Waals surface area contributed by atoms with Crippen LogP contribution >= 0.6 is 0 Å². The maximum atomic E-state index is 10.8. The monoisotopic (exact) mass is 298 g/mol.